The maximum Gasteiger partial charge on any atom is 0.348 e. The van der Waals surface area contributed by atoms with Crippen LogP contribution in [0.5, 0.6) is 0 Å². The van der Waals surface area contributed by atoms with Gasteiger partial charge in [-0.15, -0.1) is 11.6 Å². The summed E-state index contributed by atoms with van der Waals surface area (Å²) in [5.74, 6) is 4.25. The molecule has 0 aromatic heterocycles. The van der Waals surface area contributed by atoms with E-state index in [0.29, 0.717) is 5.56 Å². The topological polar surface area (TPSA) is 43.4 Å². The molecule has 0 fully saturated rings. The molecule has 74 valence electrons. The third kappa shape index (κ3) is 1.60. The number of hydrogen-bond donors (Lipinski definition) is 0. The fraction of sp³-hybridized carbons (Fsp3) is 0.0909. The lowest BCUT2D eigenvalue weighted by molar-refractivity contribution is 0.0444. The zero-order valence-corrected chi connectivity index (χ0v) is 8.30. The van der Waals surface area contributed by atoms with Crippen molar-refractivity contribution in [2.75, 3.05) is 5.88 Å². The third-order valence-electron chi connectivity index (χ3n) is 1.96. The molecule has 0 N–H and O–H groups in total. The monoisotopic (exact) mass is 220 g/mol. The SMILES string of the molecule is O=C1OC(=O)c2c(C#CCCl)cccc21. The molecule has 0 saturated heterocycles. The van der Waals surface area contributed by atoms with Gasteiger partial charge in [-0.25, -0.2) is 9.59 Å². The number of carbonyl (C=O) groups is 2. The summed E-state index contributed by atoms with van der Waals surface area (Å²) in [5, 5.41) is 0. The molecular weight excluding hydrogens is 216 g/mol. The molecule has 3 nitrogen and oxygen atoms in total. The van der Waals surface area contributed by atoms with Gasteiger partial charge < -0.3 is 4.74 Å². The standard InChI is InChI=1S/C11H5ClO3/c12-6-2-4-7-3-1-5-8-9(7)11(14)15-10(8)13/h1,3,5H,6H2. The van der Waals surface area contributed by atoms with E-state index in [1.165, 1.54) is 6.07 Å². The summed E-state index contributed by atoms with van der Waals surface area (Å²) in [6, 6.07) is 4.84. The van der Waals surface area contributed by atoms with E-state index in [2.05, 4.69) is 16.6 Å². The number of ether oxygens (including phenoxy) is 1. The van der Waals surface area contributed by atoms with Crippen LogP contribution in [0.2, 0.25) is 0 Å². The molecule has 0 radical (unpaired) electrons. The molecular formula is C11H5ClO3. The van der Waals surface area contributed by atoms with Gasteiger partial charge in [-0.05, 0) is 12.1 Å². The second-order valence-corrected chi connectivity index (χ2v) is 3.11. The predicted molar refractivity (Wildman–Crippen MR) is 53.8 cm³/mol. The van der Waals surface area contributed by atoms with E-state index in [1.807, 2.05) is 0 Å². The van der Waals surface area contributed by atoms with E-state index in [0.717, 1.165) is 0 Å². The highest BCUT2D eigenvalue weighted by Crippen LogP contribution is 2.22. The van der Waals surface area contributed by atoms with E-state index in [-0.39, 0.29) is 17.0 Å². The van der Waals surface area contributed by atoms with Gasteiger partial charge in [0.2, 0.25) is 0 Å². The van der Waals surface area contributed by atoms with Crippen molar-refractivity contribution in [3.05, 3.63) is 34.9 Å². The number of cyclic esters (lactones) is 2. The Labute approximate surface area is 91.0 Å². The Morgan fingerprint density at radius 1 is 1.27 bits per heavy atom. The van der Waals surface area contributed by atoms with Crippen LogP contribution in [-0.4, -0.2) is 17.8 Å². The van der Waals surface area contributed by atoms with Crippen molar-refractivity contribution in [2.24, 2.45) is 0 Å². The average Bonchev–Trinajstić information content (AvgIpc) is 2.53. The molecule has 4 heteroatoms. The molecule has 0 amide bonds. The highest BCUT2D eigenvalue weighted by Gasteiger charge is 2.31. The van der Waals surface area contributed by atoms with Gasteiger partial charge in [0.1, 0.15) is 0 Å². The Morgan fingerprint density at radius 2 is 2.07 bits per heavy atom. The van der Waals surface area contributed by atoms with Gasteiger partial charge in [0.15, 0.2) is 0 Å². The fourth-order valence-electron chi connectivity index (χ4n) is 1.37. The second-order valence-electron chi connectivity index (χ2n) is 2.84. The first-order valence-corrected chi connectivity index (χ1v) is 4.72. The Hall–Kier alpha value is -1.79. The lowest BCUT2D eigenvalue weighted by atomic mass is 10.0. The first kappa shape index (κ1) is 9.75. The van der Waals surface area contributed by atoms with E-state index >= 15 is 0 Å². The van der Waals surface area contributed by atoms with Gasteiger partial charge in [0, 0.05) is 5.56 Å². The van der Waals surface area contributed by atoms with Crippen LogP contribution in [0.3, 0.4) is 0 Å². The van der Waals surface area contributed by atoms with Crippen molar-refractivity contribution in [1.82, 2.24) is 0 Å². The van der Waals surface area contributed by atoms with Crippen LogP contribution in [0.25, 0.3) is 0 Å². The molecule has 1 aromatic carbocycles. The highest BCUT2D eigenvalue weighted by atomic mass is 35.5. The van der Waals surface area contributed by atoms with Gasteiger partial charge >= 0.3 is 11.9 Å². The number of rotatable bonds is 0. The van der Waals surface area contributed by atoms with Crippen molar-refractivity contribution in [3.8, 4) is 11.8 Å². The number of esters is 2. The van der Waals surface area contributed by atoms with Crippen LogP contribution in [-0.2, 0) is 4.74 Å². The number of carbonyl (C=O) groups excluding carboxylic acids is 2. The number of hydrogen-bond acceptors (Lipinski definition) is 3. The quantitative estimate of drug-likeness (QED) is 0.289. The molecule has 0 aliphatic carbocycles. The van der Waals surface area contributed by atoms with Gasteiger partial charge in [-0.1, -0.05) is 17.9 Å². The molecule has 1 aromatic rings. The first-order valence-electron chi connectivity index (χ1n) is 4.18. The summed E-state index contributed by atoms with van der Waals surface area (Å²) in [6.45, 7) is 0. The molecule has 1 heterocycles. The average molecular weight is 221 g/mol. The van der Waals surface area contributed by atoms with Crippen molar-refractivity contribution >= 4 is 23.5 Å². The summed E-state index contributed by atoms with van der Waals surface area (Å²) in [5.41, 5.74) is 0.977. The van der Waals surface area contributed by atoms with Gasteiger partial charge in [0.05, 0.1) is 17.0 Å². The van der Waals surface area contributed by atoms with Gasteiger partial charge in [0.25, 0.3) is 0 Å². The van der Waals surface area contributed by atoms with Crippen LogP contribution in [0.4, 0.5) is 0 Å². The summed E-state index contributed by atoms with van der Waals surface area (Å²) < 4.78 is 4.47. The normalized spacial score (nSPS) is 12.9. The van der Waals surface area contributed by atoms with Crippen molar-refractivity contribution in [2.45, 2.75) is 0 Å². The third-order valence-corrected chi connectivity index (χ3v) is 2.10. The van der Waals surface area contributed by atoms with Gasteiger partial charge in [-0.3, -0.25) is 0 Å². The van der Waals surface area contributed by atoms with Crippen LogP contribution < -0.4 is 0 Å². The lowest BCUT2D eigenvalue weighted by Gasteiger charge is -1.94. The van der Waals surface area contributed by atoms with Gasteiger partial charge in [-0.2, -0.15) is 0 Å². The zero-order chi connectivity index (χ0) is 10.8. The molecule has 0 atom stereocenters. The number of benzene rings is 1. The molecule has 0 spiro atoms. The summed E-state index contributed by atoms with van der Waals surface area (Å²) in [4.78, 5) is 22.5. The zero-order valence-electron chi connectivity index (χ0n) is 7.54. The van der Waals surface area contributed by atoms with Crippen molar-refractivity contribution in [3.63, 3.8) is 0 Å². The minimum absolute atomic E-state index is 0.173. The molecule has 1 aliphatic rings. The van der Waals surface area contributed by atoms with Crippen LogP contribution in [0, 0.1) is 11.8 Å². The molecule has 2 rings (SSSR count). The van der Waals surface area contributed by atoms with Crippen molar-refractivity contribution < 1.29 is 14.3 Å². The minimum atomic E-state index is -0.644. The molecule has 1 aliphatic heterocycles. The first-order chi connectivity index (χ1) is 7.24. The van der Waals surface area contributed by atoms with E-state index in [9.17, 15) is 9.59 Å². The summed E-state index contributed by atoms with van der Waals surface area (Å²) >= 11 is 5.41. The fourth-order valence-corrected chi connectivity index (χ4v) is 1.43. The number of fused-ring (bicyclic) bond motifs is 1. The maximum atomic E-state index is 11.3. The molecule has 15 heavy (non-hydrogen) atoms. The number of halogens is 1. The minimum Gasteiger partial charge on any atom is -0.386 e. The molecule has 0 unspecified atom stereocenters. The Bertz CT molecular complexity index is 508. The predicted octanol–water partition coefficient (Wildman–Crippen LogP) is 1.59. The highest BCUT2D eigenvalue weighted by molar-refractivity contribution is 6.19. The largest absolute Gasteiger partial charge is 0.386 e. The summed E-state index contributed by atoms with van der Waals surface area (Å²) in [7, 11) is 0. The van der Waals surface area contributed by atoms with Crippen LogP contribution in [0.1, 0.15) is 26.3 Å². The number of alkyl halides is 1. The summed E-state index contributed by atoms with van der Waals surface area (Å²) in [6.07, 6.45) is 0. The second kappa shape index (κ2) is 3.76. The molecule has 0 bridgehead atoms. The van der Waals surface area contributed by atoms with Crippen LogP contribution in [0.15, 0.2) is 18.2 Å². The Kier molecular flexibility index (Phi) is 2.44. The van der Waals surface area contributed by atoms with Crippen molar-refractivity contribution in [1.29, 1.82) is 0 Å². The lowest BCUT2D eigenvalue weighted by Crippen LogP contribution is -1.98. The Balaban J connectivity index is 2.60. The molecule has 0 saturated carbocycles. The van der Waals surface area contributed by atoms with E-state index < -0.39 is 11.9 Å². The Morgan fingerprint density at radius 3 is 2.80 bits per heavy atom. The smallest absolute Gasteiger partial charge is 0.348 e. The van der Waals surface area contributed by atoms with E-state index in [1.54, 1.807) is 12.1 Å². The van der Waals surface area contributed by atoms with Crippen LogP contribution >= 0.6 is 11.6 Å². The van der Waals surface area contributed by atoms with E-state index in [4.69, 9.17) is 11.6 Å². The maximum absolute atomic E-state index is 11.3.